The number of hydrogen-bond acceptors (Lipinski definition) is 5. The number of thioether (sulfide) groups is 1. The molecule has 0 bridgehead atoms. The van der Waals surface area contributed by atoms with E-state index < -0.39 is 23.8 Å². The van der Waals surface area contributed by atoms with Crippen molar-refractivity contribution in [3.8, 4) is 0 Å². The topological polar surface area (TPSA) is 87.7 Å². The molecule has 0 spiro atoms. The number of alkyl carbamates (subject to hydrolysis) is 1. The lowest BCUT2D eigenvalue weighted by atomic mass is 9.95. The van der Waals surface area contributed by atoms with E-state index >= 15 is 0 Å². The van der Waals surface area contributed by atoms with E-state index in [0.717, 1.165) is 27.9 Å². The molecular formula is C31H45N3O4S. The second-order valence-electron chi connectivity index (χ2n) is 11.0. The molecule has 0 saturated carbocycles. The van der Waals surface area contributed by atoms with Crippen LogP contribution in [0.15, 0.2) is 42.5 Å². The zero-order chi connectivity index (χ0) is 29.3. The highest BCUT2D eigenvalue weighted by atomic mass is 32.2. The highest BCUT2D eigenvalue weighted by Crippen LogP contribution is 2.31. The molecule has 2 aromatic carbocycles. The van der Waals surface area contributed by atoms with E-state index in [1.54, 1.807) is 37.4 Å². The third kappa shape index (κ3) is 9.02. The largest absolute Gasteiger partial charge is 0.444 e. The van der Waals surface area contributed by atoms with Crippen LogP contribution in [0.5, 0.6) is 0 Å². The van der Waals surface area contributed by atoms with Gasteiger partial charge in [0.15, 0.2) is 0 Å². The highest BCUT2D eigenvalue weighted by molar-refractivity contribution is 7.98. The Labute approximate surface area is 238 Å². The van der Waals surface area contributed by atoms with Gasteiger partial charge in [0, 0.05) is 11.7 Å². The van der Waals surface area contributed by atoms with Gasteiger partial charge in [0.05, 0.1) is 0 Å². The van der Waals surface area contributed by atoms with Crippen LogP contribution in [0.4, 0.5) is 10.5 Å². The maximum atomic E-state index is 14.3. The first-order valence-electron chi connectivity index (χ1n) is 13.5. The van der Waals surface area contributed by atoms with Gasteiger partial charge < -0.3 is 20.3 Å². The number of hydrogen-bond donors (Lipinski definition) is 2. The monoisotopic (exact) mass is 555 g/mol. The Balaban J connectivity index is 2.60. The van der Waals surface area contributed by atoms with E-state index in [0.29, 0.717) is 18.6 Å². The molecule has 0 saturated heterocycles. The van der Waals surface area contributed by atoms with Gasteiger partial charge in [-0.25, -0.2) is 4.79 Å². The van der Waals surface area contributed by atoms with E-state index in [4.69, 9.17) is 4.74 Å². The van der Waals surface area contributed by atoms with Crippen LogP contribution in [0.25, 0.3) is 0 Å². The summed E-state index contributed by atoms with van der Waals surface area (Å²) >= 11 is 1.59. The molecule has 0 aliphatic carbocycles. The SMILES string of the molecule is CCC(C)N(C(=O)C(CCSC)NC(=O)OC(C)(C)C)C(C(=O)Nc1c(C)cccc1C)c1ccccc1C. The fraction of sp³-hybridized carbons (Fsp3) is 0.516. The number of rotatable bonds is 11. The molecule has 2 N–H and O–H groups in total. The summed E-state index contributed by atoms with van der Waals surface area (Å²) in [6.45, 7) is 15.1. The summed E-state index contributed by atoms with van der Waals surface area (Å²) in [6.07, 6.45) is 2.34. The van der Waals surface area contributed by atoms with Crippen LogP contribution in [0.1, 0.15) is 75.8 Å². The maximum Gasteiger partial charge on any atom is 0.408 e. The third-order valence-electron chi connectivity index (χ3n) is 6.66. The van der Waals surface area contributed by atoms with Gasteiger partial charge in [0.1, 0.15) is 17.7 Å². The quantitative estimate of drug-likeness (QED) is 0.328. The minimum Gasteiger partial charge on any atom is -0.444 e. The molecule has 3 atom stereocenters. The number of amides is 3. The highest BCUT2D eigenvalue weighted by Gasteiger charge is 2.39. The molecule has 0 heterocycles. The molecule has 7 nitrogen and oxygen atoms in total. The molecule has 0 aliphatic heterocycles. The number of carbonyl (C=O) groups is 3. The average molecular weight is 556 g/mol. The lowest BCUT2D eigenvalue weighted by Crippen LogP contribution is -2.55. The maximum absolute atomic E-state index is 14.3. The normalized spacial score (nSPS) is 13.7. The zero-order valence-electron chi connectivity index (χ0n) is 24.9. The number of para-hydroxylation sites is 1. The minimum atomic E-state index is -0.898. The summed E-state index contributed by atoms with van der Waals surface area (Å²) < 4.78 is 5.48. The molecule has 8 heteroatoms. The number of nitrogens with one attached hydrogen (secondary N) is 2. The lowest BCUT2D eigenvalue weighted by molar-refractivity contribution is -0.143. The molecule has 0 radical (unpaired) electrons. The summed E-state index contributed by atoms with van der Waals surface area (Å²) in [5, 5.41) is 5.92. The van der Waals surface area contributed by atoms with Gasteiger partial charge in [-0.1, -0.05) is 49.4 Å². The van der Waals surface area contributed by atoms with Crippen LogP contribution in [0.2, 0.25) is 0 Å². The summed E-state index contributed by atoms with van der Waals surface area (Å²) in [6, 6.07) is 11.5. The molecule has 214 valence electrons. The van der Waals surface area contributed by atoms with Crippen LogP contribution < -0.4 is 10.6 Å². The number of ether oxygens (including phenoxy) is 1. The predicted molar refractivity (Wildman–Crippen MR) is 161 cm³/mol. The van der Waals surface area contributed by atoms with Gasteiger partial charge in [-0.2, -0.15) is 11.8 Å². The first-order valence-corrected chi connectivity index (χ1v) is 14.9. The Morgan fingerprint density at radius 1 is 0.974 bits per heavy atom. The molecule has 3 amide bonds. The molecule has 39 heavy (non-hydrogen) atoms. The molecule has 3 unspecified atom stereocenters. The van der Waals surface area contributed by atoms with Crippen molar-refractivity contribution in [1.82, 2.24) is 10.2 Å². The first kappa shape index (κ1) is 32.2. The number of aryl methyl sites for hydroxylation is 3. The van der Waals surface area contributed by atoms with E-state index in [2.05, 4.69) is 10.6 Å². The van der Waals surface area contributed by atoms with Gasteiger partial charge in [-0.3, -0.25) is 9.59 Å². The summed E-state index contributed by atoms with van der Waals surface area (Å²) in [4.78, 5) is 42.9. The van der Waals surface area contributed by atoms with Crippen molar-refractivity contribution < 1.29 is 19.1 Å². The third-order valence-corrected chi connectivity index (χ3v) is 7.30. The Hall–Kier alpha value is -3.00. The van der Waals surface area contributed by atoms with Crippen LogP contribution in [0, 0.1) is 20.8 Å². The fourth-order valence-corrected chi connectivity index (χ4v) is 4.90. The van der Waals surface area contributed by atoms with Crippen molar-refractivity contribution in [2.24, 2.45) is 0 Å². The summed E-state index contributed by atoms with van der Waals surface area (Å²) in [5.41, 5.74) is 3.57. The smallest absolute Gasteiger partial charge is 0.408 e. The average Bonchev–Trinajstić information content (AvgIpc) is 2.86. The van der Waals surface area contributed by atoms with Crippen molar-refractivity contribution in [3.05, 3.63) is 64.7 Å². The van der Waals surface area contributed by atoms with Crippen molar-refractivity contribution in [1.29, 1.82) is 0 Å². The van der Waals surface area contributed by atoms with E-state index in [1.165, 1.54) is 0 Å². The molecule has 2 aromatic rings. The second-order valence-corrected chi connectivity index (χ2v) is 12.0. The predicted octanol–water partition coefficient (Wildman–Crippen LogP) is 6.57. The Kier molecular flexibility index (Phi) is 11.9. The molecule has 2 rings (SSSR count). The Bertz CT molecular complexity index is 1120. The number of anilines is 1. The molecule has 0 aliphatic rings. The summed E-state index contributed by atoms with van der Waals surface area (Å²) in [7, 11) is 0. The van der Waals surface area contributed by atoms with Gasteiger partial charge in [-0.05, 0) is 95.6 Å². The summed E-state index contributed by atoms with van der Waals surface area (Å²) in [5.74, 6) is 0.0508. The number of nitrogens with zero attached hydrogens (tertiary/aromatic N) is 1. The Morgan fingerprint density at radius 2 is 1.56 bits per heavy atom. The van der Waals surface area contributed by atoms with Crippen LogP contribution in [-0.2, 0) is 14.3 Å². The van der Waals surface area contributed by atoms with Crippen LogP contribution in [0.3, 0.4) is 0 Å². The minimum absolute atomic E-state index is 0.275. The second kappa shape index (κ2) is 14.4. The molecular weight excluding hydrogens is 510 g/mol. The van der Waals surface area contributed by atoms with E-state index in [1.807, 2.05) is 83.3 Å². The van der Waals surface area contributed by atoms with Crippen molar-refractivity contribution in [2.75, 3.05) is 17.3 Å². The van der Waals surface area contributed by atoms with E-state index in [9.17, 15) is 14.4 Å². The van der Waals surface area contributed by atoms with Gasteiger partial charge in [0.25, 0.3) is 5.91 Å². The number of benzene rings is 2. The van der Waals surface area contributed by atoms with Crippen LogP contribution in [-0.4, -0.2) is 52.5 Å². The molecule has 0 fully saturated rings. The van der Waals surface area contributed by atoms with E-state index in [-0.39, 0.29) is 17.9 Å². The lowest BCUT2D eigenvalue weighted by Gasteiger charge is -2.39. The van der Waals surface area contributed by atoms with Gasteiger partial charge in [0.2, 0.25) is 5.91 Å². The Morgan fingerprint density at radius 3 is 2.10 bits per heavy atom. The van der Waals surface area contributed by atoms with Crippen molar-refractivity contribution in [2.45, 2.75) is 92.0 Å². The first-order chi connectivity index (χ1) is 18.3. The van der Waals surface area contributed by atoms with Crippen molar-refractivity contribution in [3.63, 3.8) is 0 Å². The standard InChI is InChI=1S/C31H45N3O4S/c1-10-23(5)34(29(36)25(18-19-39-9)32-30(37)38-31(6,7)8)27(24-17-12-11-14-20(24)2)28(35)33-26-21(3)15-13-16-22(26)4/h11-17,23,25,27H,10,18-19H2,1-9H3,(H,32,37)(H,33,35). The zero-order valence-corrected chi connectivity index (χ0v) is 25.7. The van der Waals surface area contributed by atoms with Gasteiger partial charge >= 0.3 is 6.09 Å². The van der Waals surface area contributed by atoms with Gasteiger partial charge in [-0.15, -0.1) is 0 Å². The van der Waals surface area contributed by atoms with Crippen LogP contribution >= 0.6 is 11.8 Å². The van der Waals surface area contributed by atoms with Crippen molar-refractivity contribution >= 4 is 35.4 Å². The number of carbonyl (C=O) groups excluding carboxylic acids is 3. The fourth-order valence-electron chi connectivity index (χ4n) is 4.43. The molecule has 0 aromatic heterocycles.